The lowest BCUT2D eigenvalue weighted by atomic mass is 10.0. The van der Waals surface area contributed by atoms with Crippen LogP contribution in [-0.4, -0.2) is 16.7 Å². The Morgan fingerprint density at radius 3 is 3.14 bits per heavy atom. The van der Waals surface area contributed by atoms with Gasteiger partial charge in [-0.15, -0.1) is 0 Å². The van der Waals surface area contributed by atoms with Crippen LogP contribution < -0.4 is 5.32 Å². The van der Waals surface area contributed by atoms with Crippen LogP contribution in [0.25, 0.3) is 11.5 Å². The normalized spacial score (nSPS) is 24.0. The summed E-state index contributed by atoms with van der Waals surface area (Å²) in [7, 11) is 0. The Morgan fingerprint density at radius 2 is 2.29 bits per heavy atom. The number of hydrogen-bond acceptors (Lipinski definition) is 4. The highest BCUT2D eigenvalue weighted by Crippen LogP contribution is 2.39. The van der Waals surface area contributed by atoms with Crippen LogP contribution in [0.1, 0.15) is 49.9 Å². The van der Waals surface area contributed by atoms with Crippen molar-refractivity contribution in [1.82, 2.24) is 10.1 Å². The number of aromatic nitrogens is 2. The fourth-order valence-electron chi connectivity index (χ4n) is 3.64. The molecule has 1 aliphatic heterocycles. The topological polar surface area (TPSA) is 51.0 Å². The third-order valence-electron chi connectivity index (χ3n) is 4.99. The van der Waals surface area contributed by atoms with E-state index in [1.54, 1.807) is 0 Å². The molecule has 0 radical (unpaired) electrons. The second-order valence-electron chi connectivity index (χ2n) is 6.29. The van der Waals surface area contributed by atoms with Crippen LogP contribution in [0.2, 0.25) is 0 Å². The van der Waals surface area contributed by atoms with Crippen LogP contribution in [0, 0.1) is 5.92 Å². The lowest BCUT2D eigenvalue weighted by Gasteiger charge is -2.04. The number of benzene rings is 1. The smallest absolute Gasteiger partial charge is 0.257 e. The molecule has 21 heavy (non-hydrogen) atoms. The fraction of sp³-hybridized carbons (Fsp3) is 0.529. The first kappa shape index (κ1) is 12.9. The van der Waals surface area contributed by atoms with E-state index in [2.05, 4.69) is 40.6 Å². The molecule has 1 aliphatic carbocycles. The lowest BCUT2D eigenvalue weighted by Crippen LogP contribution is -1.97. The molecule has 1 aromatic heterocycles. The minimum Gasteiger partial charge on any atom is -0.384 e. The summed E-state index contributed by atoms with van der Waals surface area (Å²) in [6, 6.07) is 6.36. The van der Waals surface area contributed by atoms with Crippen LogP contribution in [-0.2, 0) is 6.42 Å². The van der Waals surface area contributed by atoms with Crippen LogP contribution in [0.4, 0.5) is 5.69 Å². The standard InChI is InChI=1S/C17H21N3O/c1-2-11-3-4-13(9-11)16-19-17(21-20-16)14-5-6-15-12(10-14)7-8-18-15/h5-6,10-11,13,18H,2-4,7-9H2,1H3. The molecule has 2 unspecified atom stereocenters. The number of nitrogens with one attached hydrogen (secondary N) is 1. The molecule has 0 spiro atoms. The van der Waals surface area contributed by atoms with E-state index in [0.29, 0.717) is 11.8 Å². The fourth-order valence-corrected chi connectivity index (χ4v) is 3.64. The van der Waals surface area contributed by atoms with Crippen LogP contribution in [0.5, 0.6) is 0 Å². The summed E-state index contributed by atoms with van der Waals surface area (Å²) in [5, 5.41) is 7.61. The van der Waals surface area contributed by atoms with Gasteiger partial charge in [0.05, 0.1) is 0 Å². The van der Waals surface area contributed by atoms with Crippen molar-refractivity contribution in [2.45, 2.75) is 44.9 Å². The largest absolute Gasteiger partial charge is 0.384 e. The van der Waals surface area contributed by atoms with Gasteiger partial charge in [-0.1, -0.05) is 18.5 Å². The number of rotatable bonds is 3. The maximum absolute atomic E-state index is 5.51. The molecule has 110 valence electrons. The predicted molar refractivity (Wildman–Crippen MR) is 82.3 cm³/mol. The van der Waals surface area contributed by atoms with Gasteiger partial charge in [-0.05, 0) is 55.4 Å². The van der Waals surface area contributed by atoms with Crippen molar-refractivity contribution in [2.75, 3.05) is 11.9 Å². The summed E-state index contributed by atoms with van der Waals surface area (Å²) in [4.78, 5) is 4.66. The van der Waals surface area contributed by atoms with Crippen LogP contribution in [0.3, 0.4) is 0 Å². The van der Waals surface area contributed by atoms with Gasteiger partial charge in [0, 0.05) is 23.7 Å². The zero-order valence-corrected chi connectivity index (χ0v) is 12.4. The monoisotopic (exact) mass is 283 g/mol. The molecule has 4 heteroatoms. The van der Waals surface area contributed by atoms with E-state index in [4.69, 9.17) is 4.52 Å². The molecule has 4 rings (SSSR count). The van der Waals surface area contributed by atoms with Crippen LogP contribution in [0.15, 0.2) is 22.7 Å². The van der Waals surface area contributed by atoms with Crippen molar-refractivity contribution in [3.63, 3.8) is 0 Å². The highest BCUT2D eigenvalue weighted by Gasteiger charge is 2.28. The van der Waals surface area contributed by atoms with Gasteiger partial charge in [0.25, 0.3) is 5.89 Å². The molecule has 1 saturated carbocycles. The van der Waals surface area contributed by atoms with E-state index >= 15 is 0 Å². The van der Waals surface area contributed by atoms with Crippen molar-refractivity contribution in [3.8, 4) is 11.5 Å². The minimum absolute atomic E-state index is 0.489. The molecule has 4 nitrogen and oxygen atoms in total. The number of fused-ring (bicyclic) bond motifs is 1. The average Bonchev–Trinajstić information content (AvgIpc) is 3.24. The molecule has 2 atom stereocenters. The van der Waals surface area contributed by atoms with Gasteiger partial charge in [0.2, 0.25) is 0 Å². The SMILES string of the molecule is CCC1CCC(c2noc(-c3ccc4c(c3)CCN4)n2)C1. The number of anilines is 1. The first-order valence-corrected chi connectivity index (χ1v) is 8.04. The summed E-state index contributed by atoms with van der Waals surface area (Å²) < 4.78 is 5.51. The van der Waals surface area contributed by atoms with Gasteiger partial charge in [0.15, 0.2) is 5.82 Å². The molecule has 0 saturated heterocycles. The Hall–Kier alpha value is -1.84. The summed E-state index contributed by atoms with van der Waals surface area (Å²) in [6.45, 7) is 3.29. The predicted octanol–water partition coefficient (Wildman–Crippen LogP) is 4.00. The third-order valence-corrected chi connectivity index (χ3v) is 4.99. The summed E-state index contributed by atoms with van der Waals surface area (Å²) >= 11 is 0. The van der Waals surface area contributed by atoms with Gasteiger partial charge in [-0.2, -0.15) is 4.98 Å². The molecular weight excluding hydrogens is 262 g/mol. The summed E-state index contributed by atoms with van der Waals surface area (Å²) in [6.07, 6.45) is 6.05. The van der Waals surface area contributed by atoms with Crippen molar-refractivity contribution in [1.29, 1.82) is 0 Å². The Morgan fingerprint density at radius 1 is 1.33 bits per heavy atom. The number of hydrogen-bond donors (Lipinski definition) is 1. The van der Waals surface area contributed by atoms with Crippen molar-refractivity contribution in [3.05, 3.63) is 29.6 Å². The van der Waals surface area contributed by atoms with Gasteiger partial charge < -0.3 is 9.84 Å². The zero-order valence-electron chi connectivity index (χ0n) is 12.4. The van der Waals surface area contributed by atoms with E-state index in [-0.39, 0.29) is 0 Å². The molecule has 2 heterocycles. The van der Waals surface area contributed by atoms with E-state index < -0.39 is 0 Å². The first-order valence-electron chi connectivity index (χ1n) is 8.04. The quantitative estimate of drug-likeness (QED) is 0.925. The molecule has 1 aromatic carbocycles. The second-order valence-corrected chi connectivity index (χ2v) is 6.29. The maximum Gasteiger partial charge on any atom is 0.257 e. The molecule has 2 aromatic rings. The summed E-state index contributed by atoms with van der Waals surface area (Å²) in [5.74, 6) is 2.89. The Bertz CT molecular complexity index is 649. The average molecular weight is 283 g/mol. The van der Waals surface area contributed by atoms with Crippen molar-refractivity contribution < 1.29 is 4.52 Å². The molecule has 2 aliphatic rings. The van der Waals surface area contributed by atoms with Gasteiger partial charge >= 0.3 is 0 Å². The van der Waals surface area contributed by atoms with E-state index in [9.17, 15) is 0 Å². The van der Waals surface area contributed by atoms with Crippen LogP contribution >= 0.6 is 0 Å². The first-order chi connectivity index (χ1) is 10.3. The molecule has 1 N–H and O–H groups in total. The second kappa shape index (κ2) is 5.17. The maximum atomic E-state index is 5.51. The molecule has 0 bridgehead atoms. The minimum atomic E-state index is 0.489. The molecule has 0 amide bonds. The summed E-state index contributed by atoms with van der Waals surface area (Å²) in [5.41, 5.74) is 3.63. The number of nitrogens with zero attached hydrogens (tertiary/aromatic N) is 2. The van der Waals surface area contributed by atoms with Crippen molar-refractivity contribution in [2.24, 2.45) is 5.92 Å². The molecular formula is C17H21N3O. The van der Waals surface area contributed by atoms with Gasteiger partial charge in [-0.3, -0.25) is 0 Å². The van der Waals surface area contributed by atoms with E-state index in [1.165, 1.54) is 36.9 Å². The lowest BCUT2D eigenvalue weighted by molar-refractivity contribution is 0.413. The highest BCUT2D eigenvalue weighted by molar-refractivity contribution is 5.65. The van der Waals surface area contributed by atoms with Gasteiger partial charge in [-0.25, -0.2) is 0 Å². The van der Waals surface area contributed by atoms with E-state index in [1.807, 2.05) is 0 Å². The van der Waals surface area contributed by atoms with Gasteiger partial charge in [0.1, 0.15) is 0 Å². The highest BCUT2D eigenvalue weighted by atomic mass is 16.5. The Balaban J connectivity index is 1.57. The Kier molecular flexibility index (Phi) is 3.17. The van der Waals surface area contributed by atoms with E-state index in [0.717, 1.165) is 30.3 Å². The molecule has 1 fully saturated rings. The zero-order chi connectivity index (χ0) is 14.2. The Labute approximate surface area is 124 Å². The van der Waals surface area contributed by atoms with Crippen molar-refractivity contribution >= 4 is 5.69 Å². The third kappa shape index (κ3) is 2.33.